The van der Waals surface area contributed by atoms with E-state index in [1.54, 1.807) is 18.0 Å². The van der Waals surface area contributed by atoms with E-state index in [-0.39, 0.29) is 6.61 Å². The highest BCUT2D eigenvalue weighted by molar-refractivity contribution is 7.98. The number of H-pyrrole nitrogens is 1. The molecule has 2 aromatic heterocycles. The molecule has 0 amide bonds. The van der Waals surface area contributed by atoms with Crippen molar-refractivity contribution in [2.24, 2.45) is 0 Å². The topological polar surface area (TPSA) is 98.8 Å². The molecule has 7 nitrogen and oxygen atoms in total. The highest BCUT2D eigenvalue weighted by atomic mass is 32.2. The van der Waals surface area contributed by atoms with Crippen molar-refractivity contribution in [3.05, 3.63) is 54.7 Å². The standard InChI is InChI=1S/C20H20N6OS/c1-28-17-12-22-18(26-19(17)21-10-11-27)13-6-8-14(9-7-13)23-20-24-15-4-2-3-5-16(15)25-20/h2-9,12,27H,10-11H2,1H3,(H,21,22,26)(H2,23,24,25). The summed E-state index contributed by atoms with van der Waals surface area (Å²) in [4.78, 5) is 17.8. The van der Waals surface area contributed by atoms with Crippen LogP contribution in [0.15, 0.2) is 59.6 Å². The molecule has 142 valence electrons. The fourth-order valence-corrected chi connectivity index (χ4v) is 3.28. The Kier molecular flexibility index (Phi) is 5.41. The summed E-state index contributed by atoms with van der Waals surface area (Å²) in [6.07, 6.45) is 3.77. The Hall–Kier alpha value is -3.10. The maximum Gasteiger partial charge on any atom is 0.205 e. The molecule has 4 N–H and O–H groups in total. The molecule has 28 heavy (non-hydrogen) atoms. The SMILES string of the molecule is CSc1cnc(-c2ccc(Nc3nc4ccccc4[nH]3)cc2)nc1NCCO. The first-order chi connectivity index (χ1) is 13.8. The lowest BCUT2D eigenvalue weighted by atomic mass is 10.2. The minimum Gasteiger partial charge on any atom is -0.395 e. The first-order valence-electron chi connectivity index (χ1n) is 8.85. The largest absolute Gasteiger partial charge is 0.395 e. The number of aliphatic hydroxyl groups excluding tert-OH is 1. The fraction of sp³-hybridized carbons (Fsp3) is 0.150. The number of aliphatic hydroxyl groups is 1. The number of thioether (sulfide) groups is 1. The van der Waals surface area contributed by atoms with Crippen molar-refractivity contribution < 1.29 is 5.11 Å². The zero-order chi connectivity index (χ0) is 19.3. The van der Waals surface area contributed by atoms with Crippen LogP contribution < -0.4 is 10.6 Å². The number of benzene rings is 2. The molecule has 0 atom stereocenters. The number of imidazole rings is 1. The highest BCUT2D eigenvalue weighted by Gasteiger charge is 2.09. The maximum atomic E-state index is 9.05. The first-order valence-corrected chi connectivity index (χ1v) is 10.1. The Bertz CT molecular complexity index is 1050. The maximum absolute atomic E-state index is 9.05. The predicted octanol–water partition coefficient (Wildman–Crippen LogP) is 3.89. The van der Waals surface area contributed by atoms with Gasteiger partial charge in [0.15, 0.2) is 5.82 Å². The molecule has 0 saturated carbocycles. The van der Waals surface area contributed by atoms with Crippen LogP contribution in [0.3, 0.4) is 0 Å². The van der Waals surface area contributed by atoms with E-state index < -0.39 is 0 Å². The second kappa shape index (κ2) is 8.28. The van der Waals surface area contributed by atoms with Gasteiger partial charge in [-0.25, -0.2) is 15.0 Å². The molecule has 0 aliphatic carbocycles. The van der Waals surface area contributed by atoms with E-state index >= 15 is 0 Å². The van der Waals surface area contributed by atoms with Crippen LogP contribution in [0.4, 0.5) is 17.5 Å². The number of aromatic nitrogens is 4. The van der Waals surface area contributed by atoms with Crippen LogP contribution in [-0.4, -0.2) is 44.4 Å². The van der Waals surface area contributed by atoms with Gasteiger partial charge in [-0.1, -0.05) is 12.1 Å². The Labute approximate surface area is 166 Å². The Morgan fingerprint density at radius 1 is 1.07 bits per heavy atom. The molecule has 0 bridgehead atoms. The summed E-state index contributed by atoms with van der Waals surface area (Å²) in [5, 5.41) is 15.5. The van der Waals surface area contributed by atoms with Crippen LogP contribution in [0, 0.1) is 0 Å². The smallest absolute Gasteiger partial charge is 0.205 e. The summed E-state index contributed by atoms with van der Waals surface area (Å²) in [6, 6.07) is 15.8. The molecule has 0 saturated heterocycles. The third kappa shape index (κ3) is 3.92. The molecule has 8 heteroatoms. The van der Waals surface area contributed by atoms with Gasteiger partial charge in [-0.05, 0) is 42.7 Å². The Balaban J connectivity index is 1.54. The molecule has 0 unspecified atom stereocenters. The summed E-state index contributed by atoms with van der Waals surface area (Å²) in [7, 11) is 0. The number of hydrogen-bond acceptors (Lipinski definition) is 7. The molecular weight excluding hydrogens is 372 g/mol. The molecule has 0 fully saturated rings. The highest BCUT2D eigenvalue weighted by Crippen LogP contribution is 2.26. The summed E-state index contributed by atoms with van der Waals surface area (Å²) in [5.41, 5.74) is 3.75. The van der Waals surface area contributed by atoms with E-state index in [1.807, 2.05) is 54.8 Å². The molecule has 0 aliphatic heterocycles. The van der Waals surface area contributed by atoms with Crippen molar-refractivity contribution >= 4 is 40.2 Å². The monoisotopic (exact) mass is 392 g/mol. The van der Waals surface area contributed by atoms with Gasteiger partial charge < -0.3 is 20.7 Å². The molecule has 0 aliphatic rings. The number of nitrogens with one attached hydrogen (secondary N) is 3. The molecule has 4 rings (SSSR count). The van der Waals surface area contributed by atoms with Crippen LogP contribution >= 0.6 is 11.8 Å². The van der Waals surface area contributed by atoms with Crippen LogP contribution in [-0.2, 0) is 0 Å². The number of nitrogens with zero attached hydrogens (tertiary/aromatic N) is 3. The summed E-state index contributed by atoms with van der Waals surface area (Å²) < 4.78 is 0. The van der Waals surface area contributed by atoms with Crippen molar-refractivity contribution in [2.45, 2.75) is 4.90 Å². The van der Waals surface area contributed by atoms with Crippen molar-refractivity contribution in [1.29, 1.82) is 0 Å². The number of anilines is 3. The fourth-order valence-electron chi connectivity index (χ4n) is 2.81. The third-order valence-electron chi connectivity index (χ3n) is 4.17. The zero-order valence-electron chi connectivity index (χ0n) is 15.3. The van der Waals surface area contributed by atoms with Crippen LogP contribution in [0.25, 0.3) is 22.4 Å². The van der Waals surface area contributed by atoms with E-state index in [0.29, 0.717) is 18.3 Å². The average molecular weight is 392 g/mol. The third-order valence-corrected chi connectivity index (χ3v) is 4.91. The molecular formula is C20H20N6OS. The summed E-state index contributed by atoms with van der Waals surface area (Å²) in [6.45, 7) is 0.500. The predicted molar refractivity (Wildman–Crippen MR) is 114 cm³/mol. The zero-order valence-corrected chi connectivity index (χ0v) is 16.1. The average Bonchev–Trinajstić information content (AvgIpc) is 3.15. The number of rotatable bonds is 7. The van der Waals surface area contributed by atoms with Gasteiger partial charge in [0.1, 0.15) is 5.82 Å². The molecule has 2 heterocycles. The van der Waals surface area contributed by atoms with Gasteiger partial charge >= 0.3 is 0 Å². The lowest BCUT2D eigenvalue weighted by molar-refractivity contribution is 0.311. The molecule has 2 aromatic carbocycles. The number of aromatic amines is 1. The van der Waals surface area contributed by atoms with Gasteiger partial charge in [0.2, 0.25) is 5.95 Å². The summed E-state index contributed by atoms with van der Waals surface area (Å²) >= 11 is 1.57. The lowest BCUT2D eigenvalue weighted by Gasteiger charge is -2.10. The lowest BCUT2D eigenvalue weighted by Crippen LogP contribution is -2.09. The Morgan fingerprint density at radius 3 is 2.64 bits per heavy atom. The van der Waals surface area contributed by atoms with Crippen LogP contribution in [0.5, 0.6) is 0 Å². The minimum atomic E-state index is 0.0509. The van der Waals surface area contributed by atoms with E-state index in [0.717, 1.165) is 33.0 Å². The number of fused-ring (bicyclic) bond motifs is 1. The molecule has 0 radical (unpaired) electrons. The summed E-state index contributed by atoms with van der Waals surface area (Å²) in [5.74, 6) is 2.06. The molecule has 0 spiro atoms. The first kappa shape index (κ1) is 18.3. The van der Waals surface area contributed by atoms with E-state index in [4.69, 9.17) is 5.11 Å². The Morgan fingerprint density at radius 2 is 1.89 bits per heavy atom. The number of hydrogen-bond donors (Lipinski definition) is 4. The van der Waals surface area contributed by atoms with E-state index in [1.165, 1.54) is 0 Å². The number of para-hydroxylation sites is 2. The van der Waals surface area contributed by atoms with Crippen LogP contribution in [0.2, 0.25) is 0 Å². The van der Waals surface area contributed by atoms with Gasteiger partial charge in [0.05, 0.1) is 22.5 Å². The van der Waals surface area contributed by atoms with Crippen molar-refractivity contribution in [2.75, 3.05) is 30.0 Å². The normalized spacial score (nSPS) is 10.9. The van der Waals surface area contributed by atoms with E-state index in [2.05, 4.69) is 30.6 Å². The van der Waals surface area contributed by atoms with Gasteiger partial charge in [0, 0.05) is 24.0 Å². The van der Waals surface area contributed by atoms with Crippen molar-refractivity contribution in [3.8, 4) is 11.4 Å². The second-order valence-electron chi connectivity index (χ2n) is 6.07. The quantitative estimate of drug-likeness (QED) is 0.354. The van der Waals surface area contributed by atoms with Gasteiger partial charge in [-0.15, -0.1) is 11.8 Å². The van der Waals surface area contributed by atoms with Gasteiger partial charge in [-0.2, -0.15) is 0 Å². The van der Waals surface area contributed by atoms with Crippen molar-refractivity contribution in [1.82, 2.24) is 19.9 Å². The van der Waals surface area contributed by atoms with Crippen molar-refractivity contribution in [3.63, 3.8) is 0 Å². The van der Waals surface area contributed by atoms with E-state index in [9.17, 15) is 0 Å². The second-order valence-corrected chi connectivity index (χ2v) is 6.91. The molecule has 4 aromatic rings. The minimum absolute atomic E-state index is 0.0509. The van der Waals surface area contributed by atoms with Crippen LogP contribution in [0.1, 0.15) is 0 Å². The van der Waals surface area contributed by atoms with Gasteiger partial charge in [0.25, 0.3) is 0 Å². The van der Waals surface area contributed by atoms with Gasteiger partial charge in [-0.3, -0.25) is 0 Å².